The summed E-state index contributed by atoms with van der Waals surface area (Å²) in [4.78, 5) is 24.2. The third-order valence-electron chi connectivity index (χ3n) is 6.57. The van der Waals surface area contributed by atoms with Gasteiger partial charge in [-0.15, -0.1) is 0 Å². The fourth-order valence-corrected chi connectivity index (χ4v) is 4.75. The minimum absolute atomic E-state index is 0.300. The van der Waals surface area contributed by atoms with E-state index in [2.05, 4.69) is 21.2 Å². The van der Waals surface area contributed by atoms with Gasteiger partial charge in [-0.25, -0.2) is 15.8 Å². The molecule has 0 saturated carbocycles. The molecule has 2 fully saturated rings. The van der Waals surface area contributed by atoms with E-state index in [9.17, 15) is 10.1 Å². The number of amides is 1. The Bertz CT molecular complexity index is 1190. The SMILES string of the molecule is [C-]#[N+]C1(C(C#N)c2cccnc2)CCN(c2ccc(N3C[C@H](CNC(C)=S)OC3=O)cc2F)CC1. The molecule has 4 rings (SSSR count). The number of hydrogen-bond acceptors (Lipinski definition) is 6. The van der Waals surface area contributed by atoms with Crippen molar-refractivity contribution in [1.82, 2.24) is 10.3 Å². The van der Waals surface area contributed by atoms with Gasteiger partial charge in [0.2, 0.25) is 0 Å². The highest BCUT2D eigenvalue weighted by Gasteiger charge is 2.49. The number of carbonyl (C=O) groups excluding carboxylic acids is 1. The van der Waals surface area contributed by atoms with Crippen LogP contribution < -0.4 is 15.1 Å². The smallest absolute Gasteiger partial charge is 0.414 e. The second-order valence-electron chi connectivity index (χ2n) is 8.74. The maximum absolute atomic E-state index is 15.2. The van der Waals surface area contributed by atoms with Crippen molar-refractivity contribution in [3.63, 3.8) is 0 Å². The average molecular weight is 493 g/mol. The van der Waals surface area contributed by atoms with E-state index in [1.54, 1.807) is 37.5 Å². The van der Waals surface area contributed by atoms with E-state index in [4.69, 9.17) is 23.5 Å². The molecule has 35 heavy (non-hydrogen) atoms. The number of benzene rings is 1. The van der Waals surface area contributed by atoms with Gasteiger partial charge in [0.1, 0.15) is 11.9 Å². The topological polar surface area (TPSA) is 85.8 Å². The number of piperidine rings is 1. The van der Waals surface area contributed by atoms with Gasteiger partial charge in [0, 0.05) is 38.3 Å². The van der Waals surface area contributed by atoms with Crippen LogP contribution in [0.3, 0.4) is 0 Å². The Hall–Kier alpha value is -3.76. The Balaban J connectivity index is 1.45. The van der Waals surface area contributed by atoms with Crippen molar-refractivity contribution in [3.05, 3.63) is 65.5 Å². The summed E-state index contributed by atoms with van der Waals surface area (Å²) in [5, 5.41) is 12.8. The molecule has 0 spiro atoms. The van der Waals surface area contributed by atoms with Gasteiger partial charge in [-0.05, 0) is 36.8 Å². The number of nitriles is 1. The van der Waals surface area contributed by atoms with Gasteiger partial charge < -0.3 is 19.8 Å². The van der Waals surface area contributed by atoms with Gasteiger partial charge >= 0.3 is 6.09 Å². The number of thiocarbonyl (C=S) groups is 1. The predicted molar refractivity (Wildman–Crippen MR) is 134 cm³/mol. The lowest BCUT2D eigenvalue weighted by Crippen LogP contribution is -2.46. The quantitative estimate of drug-likeness (QED) is 0.481. The number of nitrogens with one attached hydrogen (secondary N) is 1. The molecule has 0 bridgehead atoms. The molecule has 1 aromatic carbocycles. The highest BCUT2D eigenvalue weighted by Crippen LogP contribution is 2.41. The van der Waals surface area contributed by atoms with Crippen LogP contribution in [0.25, 0.3) is 4.85 Å². The second kappa shape index (κ2) is 10.2. The zero-order valence-electron chi connectivity index (χ0n) is 19.3. The van der Waals surface area contributed by atoms with Crippen LogP contribution in [0.2, 0.25) is 0 Å². The Morgan fingerprint density at radius 2 is 2.23 bits per heavy atom. The van der Waals surface area contributed by atoms with Gasteiger partial charge in [0.05, 0.1) is 35.5 Å². The highest BCUT2D eigenvalue weighted by atomic mass is 32.1. The van der Waals surface area contributed by atoms with E-state index in [1.807, 2.05) is 11.0 Å². The Kier molecular flexibility index (Phi) is 7.13. The van der Waals surface area contributed by atoms with Crippen molar-refractivity contribution >= 4 is 34.7 Å². The number of aromatic nitrogens is 1. The first-order valence-electron chi connectivity index (χ1n) is 11.3. The number of pyridine rings is 1. The van der Waals surface area contributed by atoms with Crippen molar-refractivity contribution in [2.24, 2.45) is 0 Å². The third-order valence-corrected chi connectivity index (χ3v) is 6.72. The lowest BCUT2D eigenvalue weighted by Gasteiger charge is -2.37. The number of halogens is 1. The van der Waals surface area contributed by atoms with Crippen LogP contribution in [-0.4, -0.2) is 53.9 Å². The van der Waals surface area contributed by atoms with Gasteiger partial charge in [0.25, 0.3) is 5.54 Å². The maximum atomic E-state index is 15.2. The molecule has 1 N–H and O–H groups in total. The van der Waals surface area contributed by atoms with Gasteiger partial charge in [-0.3, -0.25) is 9.88 Å². The summed E-state index contributed by atoms with van der Waals surface area (Å²) >= 11 is 4.99. The second-order valence-corrected chi connectivity index (χ2v) is 9.35. The first-order valence-corrected chi connectivity index (χ1v) is 11.7. The molecule has 10 heteroatoms. The van der Waals surface area contributed by atoms with E-state index in [0.29, 0.717) is 55.4 Å². The summed E-state index contributed by atoms with van der Waals surface area (Å²) in [6.07, 6.45) is 3.22. The molecule has 2 aliphatic heterocycles. The lowest BCUT2D eigenvalue weighted by molar-refractivity contribution is 0.143. The summed E-state index contributed by atoms with van der Waals surface area (Å²) in [5.41, 5.74) is 0.672. The van der Waals surface area contributed by atoms with Crippen LogP contribution in [0, 0.1) is 23.7 Å². The summed E-state index contributed by atoms with van der Waals surface area (Å²) in [5.74, 6) is -1.06. The summed E-state index contributed by atoms with van der Waals surface area (Å²) < 4.78 is 20.5. The first kappa shape index (κ1) is 24.4. The monoisotopic (exact) mass is 492 g/mol. The maximum Gasteiger partial charge on any atom is 0.414 e. The minimum atomic E-state index is -0.881. The summed E-state index contributed by atoms with van der Waals surface area (Å²) in [7, 11) is 0. The fraction of sp³-hybridized carbons (Fsp3) is 0.400. The molecule has 2 atom stereocenters. The van der Waals surface area contributed by atoms with E-state index < -0.39 is 23.4 Å². The van der Waals surface area contributed by atoms with Crippen LogP contribution in [0.15, 0.2) is 42.7 Å². The zero-order valence-corrected chi connectivity index (χ0v) is 20.1. The average Bonchev–Trinajstić information content (AvgIpc) is 3.25. The zero-order chi connectivity index (χ0) is 25.0. The molecule has 3 heterocycles. The Labute approximate surface area is 209 Å². The largest absolute Gasteiger partial charge is 0.442 e. The number of rotatable bonds is 6. The van der Waals surface area contributed by atoms with Crippen molar-refractivity contribution in [3.8, 4) is 6.07 Å². The number of cyclic esters (lactones) is 1. The summed E-state index contributed by atoms with van der Waals surface area (Å²) in [6, 6.07) is 10.6. The van der Waals surface area contributed by atoms with Crippen molar-refractivity contribution in [2.45, 2.75) is 37.3 Å². The molecule has 0 radical (unpaired) electrons. The van der Waals surface area contributed by atoms with Crippen LogP contribution in [-0.2, 0) is 4.74 Å². The molecule has 2 saturated heterocycles. The van der Waals surface area contributed by atoms with Gasteiger partial charge in [0.15, 0.2) is 5.92 Å². The van der Waals surface area contributed by atoms with Crippen LogP contribution in [0.5, 0.6) is 0 Å². The Morgan fingerprint density at radius 1 is 1.46 bits per heavy atom. The number of carbonyl (C=O) groups is 1. The molecule has 180 valence electrons. The van der Waals surface area contributed by atoms with Gasteiger partial charge in [-0.2, -0.15) is 5.26 Å². The summed E-state index contributed by atoms with van der Waals surface area (Å²) in [6.45, 7) is 11.2. The molecule has 0 aliphatic carbocycles. The standard InChI is InChI=1S/C25H25FN6O2S/c1-17(35)30-15-20-16-32(24(33)34-20)19-5-6-23(22(26)12-19)31-10-7-25(28-2,8-11-31)21(13-27)18-4-3-9-29-14-18/h3-6,9,12,14,20-21H,7-8,10-11,15-16H2,1H3,(H,30,35)/t20-,21?/m0/s1. The first-order chi connectivity index (χ1) is 16.9. The molecule has 2 aliphatic rings. The van der Waals surface area contributed by atoms with E-state index in [1.165, 1.54) is 11.0 Å². The van der Waals surface area contributed by atoms with E-state index >= 15 is 4.39 Å². The van der Waals surface area contributed by atoms with Crippen molar-refractivity contribution < 1.29 is 13.9 Å². The van der Waals surface area contributed by atoms with E-state index in [-0.39, 0.29) is 6.10 Å². The number of hydrogen-bond donors (Lipinski definition) is 1. The van der Waals surface area contributed by atoms with Crippen LogP contribution in [0.4, 0.5) is 20.6 Å². The molecule has 1 aromatic heterocycles. The van der Waals surface area contributed by atoms with Crippen LogP contribution in [0.1, 0.15) is 31.2 Å². The molecule has 1 unspecified atom stereocenters. The predicted octanol–water partition coefficient (Wildman–Crippen LogP) is 4.05. The highest BCUT2D eigenvalue weighted by molar-refractivity contribution is 7.80. The normalized spacial score (nSPS) is 19.9. The minimum Gasteiger partial charge on any atom is -0.442 e. The Morgan fingerprint density at radius 3 is 2.83 bits per heavy atom. The fourth-order valence-electron chi connectivity index (χ4n) is 4.67. The molecule has 2 aromatic rings. The van der Waals surface area contributed by atoms with Crippen molar-refractivity contribution in [2.75, 3.05) is 36.0 Å². The molecule has 8 nitrogen and oxygen atoms in total. The third kappa shape index (κ3) is 5.03. The lowest BCUT2D eigenvalue weighted by atomic mass is 9.74. The van der Waals surface area contributed by atoms with Crippen molar-refractivity contribution in [1.29, 1.82) is 5.26 Å². The number of nitrogens with zero attached hydrogens (tertiary/aromatic N) is 5. The molecular formula is C25H25FN6O2S. The van der Waals surface area contributed by atoms with Gasteiger partial charge in [-0.1, -0.05) is 18.3 Å². The number of ether oxygens (including phenoxy) is 1. The molecular weight excluding hydrogens is 467 g/mol. The molecule has 1 amide bonds. The van der Waals surface area contributed by atoms with E-state index in [0.717, 1.165) is 5.56 Å². The van der Waals surface area contributed by atoms with Crippen LogP contribution >= 0.6 is 12.2 Å². The number of anilines is 2.